The minimum absolute atomic E-state index is 0.554. The predicted molar refractivity (Wildman–Crippen MR) is 81.8 cm³/mol. The van der Waals surface area contributed by atoms with Gasteiger partial charge in [0.05, 0.1) is 0 Å². The Hall–Kier alpha value is -0.820. The van der Waals surface area contributed by atoms with Crippen LogP contribution < -0.4 is 5.32 Å². The average molecular weight is 247 g/mol. The third-order valence-electron chi connectivity index (χ3n) is 3.42. The standard InChI is InChI=1S/C17H29N/c1-3-17-14-10-5-4-8-12-16(2)13-9-6-7-11-15-18-17/h4,8-10,13-14,16-18H,3,5-7,11-12,15H2,1-2H3/b8-4+,13-9-,14-10-/t16-,17?/m0/s1. The molecule has 1 aliphatic heterocycles. The summed E-state index contributed by atoms with van der Waals surface area (Å²) in [5.74, 6) is 0.678. The zero-order valence-corrected chi connectivity index (χ0v) is 12.1. The second-order valence-electron chi connectivity index (χ2n) is 5.24. The van der Waals surface area contributed by atoms with E-state index in [9.17, 15) is 0 Å². The minimum atomic E-state index is 0.554. The Morgan fingerprint density at radius 1 is 1.06 bits per heavy atom. The maximum absolute atomic E-state index is 3.61. The second-order valence-corrected chi connectivity index (χ2v) is 5.24. The number of hydrogen-bond acceptors (Lipinski definition) is 1. The Bertz CT molecular complexity index is 275. The third kappa shape index (κ3) is 7.50. The lowest BCUT2D eigenvalue weighted by Gasteiger charge is -2.12. The largest absolute Gasteiger partial charge is 0.311 e. The molecule has 0 aromatic carbocycles. The molecule has 0 aliphatic carbocycles. The van der Waals surface area contributed by atoms with E-state index < -0.39 is 0 Å². The van der Waals surface area contributed by atoms with Crippen LogP contribution in [0.5, 0.6) is 0 Å². The van der Waals surface area contributed by atoms with Crippen LogP contribution in [0.15, 0.2) is 36.5 Å². The molecule has 1 heteroatoms. The van der Waals surface area contributed by atoms with Gasteiger partial charge < -0.3 is 5.32 Å². The Balaban J connectivity index is 2.46. The molecule has 0 aromatic heterocycles. The topological polar surface area (TPSA) is 12.0 Å². The Labute approximate surface area is 113 Å². The first-order valence-electron chi connectivity index (χ1n) is 7.54. The van der Waals surface area contributed by atoms with Crippen LogP contribution in [0.4, 0.5) is 0 Å². The summed E-state index contributed by atoms with van der Waals surface area (Å²) >= 11 is 0. The number of allylic oxidation sites excluding steroid dienone is 5. The molecule has 1 rings (SSSR count). The van der Waals surface area contributed by atoms with Crippen LogP contribution in [0.25, 0.3) is 0 Å². The lowest BCUT2D eigenvalue weighted by molar-refractivity contribution is 0.551. The summed E-state index contributed by atoms with van der Waals surface area (Å²) in [6.07, 6.45) is 21.1. The lowest BCUT2D eigenvalue weighted by atomic mass is 10.1. The van der Waals surface area contributed by atoms with Crippen molar-refractivity contribution in [2.24, 2.45) is 5.92 Å². The first-order chi connectivity index (χ1) is 8.83. The smallest absolute Gasteiger partial charge is 0.0247 e. The van der Waals surface area contributed by atoms with Crippen molar-refractivity contribution in [2.75, 3.05) is 6.54 Å². The predicted octanol–water partition coefficient (Wildman–Crippen LogP) is 4.62. The fraction of sp³-hybridized carbons (Fsp3) is 0.647. The van der Waals surface area contributed by atoms with Gasteiger partial charge in [-0.2, -0.15) is 0 Å². The van der Waals surface area contributed by atoms with Gasteiger partial charge in [-0.15, -0.1) is 0 Å². The Morgan fingerprint density at radius 2 is 1.94 bits per heavy atom. The molecule has 0 amide bonds. The molecule has 0 saturated carbocycles. The molecule has 2 atom stereocenters. The molecule has 0 saturated heterocycles. The van der Waals surface area contributed by atoms with E-state index in [1.165, 1.54) is 32.1 Å². The number of nitrogens with one attached hydrogen (secondary N) is 1. The zero-order valence-electron chi connectivity index (χ0n) is 12.1. The van der Waals surface area contributed by atoms with Crippen molar-refractivity contribution >= 4 is 0 Å². The van der Waals surface area contributed by atoms with E-state index in [-0.39, 0.29) is 0 Å². The van der Waals surface area contributed by atoms with Crippen LogP contribution in [-0.2, 0) is 0 Å². The van der Waals surface area contributed by atoms with Crippen molar-refractivity contribution < 1.29 is 0 Å². The van der Waals surface area contributed by atoms with Gasteiger partial charge in [0.25, 0.3) is 0 Å². The van der Waals surface area contributed by atoms with Gasteiger partial charge in [-0.1, -0.05) is 50.3 Å². The lowest BCUT2D eigenvalue weighted by Crippen LogP contribution is -2.27. The van der Waals surface area contributed by atoms with E-state index in [0.717, 1.165) is 13.0 Å². The summed E-state index contributed by atoms with van der Waals surface area (Å²) in [7, 11) is 0. The summed E-state index contributed by atoms with van der Waals surface area (Å²) in [5, 5.41) is 3.61. The zero-order chi connectivity index (χ0) is 13.1. The van der Waals surface area contributed by atoms with E-state index in [4.69, 9.17) is 0 Å². The normalized spacial score (nSPS) is 33.0. The van der Waals surface area contributed by atoms with Crippen molar-refractivity contribution in [1.82, 2.24) is 5.32 Å². The molecule has 0 spiro atoms. The van der Waals surface area contributed by atoms with Crippen molar-refractivity contribution in [3.05, 3.63) is 36.5 Å². The van der Waals surface area contributed by atoms with Gasteiger partial charge in [0.15, 0.2) is 0 Å². The molecule has 0 fully saturated rings. The molecule has 1 N–H and O–H groups in total. The van der Waals surface area contributed by atoms with Gasteiger partial charge in [-0.05, 0) is 51.0 Å². The maximum Gasteiger partial charge on any atom is 0.0247 e. The molecular weight excluding hydrogens is 218 g/mol. The van der Waals surface area contributed by atoms with Crippen LogP contribution >= 0.6 is 0 Å². The molecule has 1 unspecified atom stereocenters. The molecule has 0 bridgehead atoms. The summed E-state index contributed by atoms with van der Waals surface area (Å²) in [6, 6.07) is 0.554. The van der Waals surface area contributed by atoms with E-state index in [2.05, 4.69) is 55.6 Å². The number of rotatable bonds is 1. The maximum atomic E-state index is 3.61. The highest BCUT2D eigenvalue weighted by Gasteiger charge is 1.99. The van der Waals surface area contributed by atoms with E-state index in [1.807, 2.05) is 0 Å². The monoisotopic (exact) mass is 247 g/mol. The molecular formula is C17H29N. The van der Waals surface area contributed by atoms with Gasteiger partial charge >= 0.3 is 0 Å². The molecule has 1 heterocycles. The number of hydrogen-bond donors (Lipinski definition) is 1. The Kier molecular flexibility index (Phi) is 8.58. The molecule has 1 aliphatic rings. The highest BCUT2D eigenvalue weighted by atomic mass is 14.9. The summed E-state index contributed by atoms with van der Waals surface area (Å²) in [6.45, 7) is 5.68. The third-order valence-corrected chi connectivity index (χ3v) is 3.42. The quantitative estimate of drug-likeness (QED) is 0.666. The van der Waals surface area contributed by atoms with Gasteiger partial charge in [-0.3, -0.25) is 0 Å². The Morgan fingerprint density at radius 3 is 2.78 bits per heavy atom. The first kappa shape index (κ1) is 15.2. The molecule has 0 aromatic rings. The second kappa shape index (κ2) is 10.1. The van der Waals surface area contributed by atoms with Crippen molar-refractivity contribution in [1.29, 1.82) is 0 Å². The van der Waals surface area contributed by atoms with Gasteiger partial charge in [0, 0.05) is 6.04 Å². The summed E-state index contributed by atoms with van der Waals surface area (Å²) in [5.41, 5.74) is 0. The molecule has 0 radical (unpaired) electrons. The summed E-state index contributed by atoms with van der Waals surface area (Å²) < 4.78 is 0. The fourth-order valence-corrected chi connectivity index (χ4v) is 2.16. The first-order valence-corrected chi connectivity index (χ1v) is 7.54. The van der Waals surface area contributed by atoms with E-state index >= 15 is 0 Å². The summed E-state index contributed by atoms with van der Waals surface area (Å²) in [4.78, 5) is 0. The van der Waals surface area contributed by atoms with Crippen molar-refractivity contribution in [3.8, 4) is 0 Å². The van der Waals surface area contributed by atoms with Crippen LogP contribution in [0, 0.1) is 5.92 Å². The van der Waals surface area contributed by atoms with E-state index in [0.29, 0.717) is 12.0 Å². The van der Waals surface area contributed by atoms with Crippen molar-refractivity contribution in [3.63, 3.8) is 0 Å². The minimum Gasteiger partial charge on any atom is -0.311 e. The van der Waals surface area contributed by atoms with Crippen LogP contribution in [0.3, 0.4) is 0 Å². The highest BCUT2D eigenvalue weighted by Crippen LogP contribution is 2.08. The molecule has 1 nitrogen and oxygen atoms in total. The van der Waals surface area contributed by atoms with Gasteiger partial charge in [-0.25, -0.2) is 0 Å². The van der Waals surface area contributed by atoms with Crippen molar-refractivity contribution in [2.45, 2.75) is 58.4 Å². The van der Waals surface area contributed by atoms with E-state index in [1.54, 1.807) is 0 Å². The SMILES string of the molecule is CCC1/C=C\C/C=C/C[C@H](C)/C=C\CCCCN1. The molecule has 102 valence electrons. The van der Waals surface area contributed by atoms with Crippen LogP contribution in [-0.4, -0.2) is 12.6 Å². The molecule has 18 heavy (non-hydrogen) atoms. The van der Waals surface area contributed by atoms with Gasteiger partial charge in [0.1, 0.15) is 0 Å². The van der Waals surface area contributed by atoms with Gasteiger partial charge in [0.2, 0.25) is 0 Å². The highest BCUT2D eigenvalue weighted by molar-refractivity contribution is 4.99. The van der Waals surface area contributed by atoms with Crippen LogP contribution in [0.2, 0.25) is 0 Å². The average Bonchev–Trinajstić information content (AvgIpc) is 2.38. The fourth-order valence-electron chi connectivity index (χ4n) is 2.16. The van der Waals surface area contributed by atoms with Crippen LogP contribution in [0.1, 0.15) is 52.4 Å².